The minimum atomic E-state index is -5.76. The Kier molecular flexibility index (Phi) is 5.82. The maximum atomic E-state index is 12.5. The highest BCUT2D eigenvalue weighted by Gasteiger charge is 2.61. The number of piperidine rings is 1. The van der Waals surface area contributed by atoms with Gasteiger partial charge in [-0.3, -0.25) is 9.78 Å². The van der Waals surface area contributed by atoms with E-state index in [1.807, 2.05) is 0 Å². The number of rotatable bonds is 3. The van der Waals surface area contributed by atoms with E-state index in [-0.39, 0.29) is 37.8 Å². The van der Waals surface area contributed by atoms with Crippen LogP contribution in [0.2, 0.25) is 5.02 Å². The van der Waals surface area contributed by atoms with Gasteiger partial charge in [-0.1, -0.05) is 11.6 Å². The van der Waals surface area contributed by atoms with Crippen molar-refractivity contribution in [3.05, 3.63) is 23.5 Å². The van der Waals surface area contributed by atoms with Crippen molar-refractivity contribution >= 4 is 29.3 Å². The molecule has 0 unspecified atom stereocenters. The van der Waals surface area contributed by atoms with Gasteiger partial charge in [0.25, 0.3) is 6.10 Å². The molecule has 2 heterocycles. The number of aromatic nitrogens is 1. The van der Waals surface area contributed by atoms with Crippen LogP contribution in [0.15, 0.2) is 18.5 Å². The number of amides is 2. The molecule has 2 amide bonds. The Balaban J connectivity index is 1.54. The molecule has 1 aliphatic carbocycles. The maximum Gasteiger partial charge on any atom is 0.434 e. The van der Waals surface area contributed by atoms with Crippen molar-refractivity contribution in [2.45, 2.75) is 37.7 Å². The second kappa shape index (κ2) is 7.78. The third kappa shape index (κ3) is 4.90. The Labute approximate surface area is 171 Å². The van der Waals surface area contributed by atoms with Gasteiger partial charge in [-0.2, -0.15) is 26.3 Å². The number of hydrogen-bond acceptors (Lipinski definition) is 4. The fraction of sp³-hybridized carbons (Fsp3) is 0.588. The highest BCUT2D eigenvalue weighted by Crippen LogP contribution is 2.59. The summed E-state index contributed by atoms with van der Waals surface area (Å²) < 4.78 is 79.0. The van der Waals surface area contributed by atoms with Crippen LogP contribution in [0.3, 0.4) is 0 Å². The molecular weight excluding hydrogens is 444 g/mol. The average molecular weight is 460 g/mol. The molecule has 0 aromatic carbocycles. The van der Waals surface area contributed by atoms with Crippen molar-refractivity contribution in [3.63, 3.8) is 0 Å². The molecule has 1 spiro atoms. The van der Waals surface area contributed by atoms with Crippen molar-refractivity contribution in [1.29, 1.82) is 0 Å². The zero-order valence-electron chi connectivity index (χ0n) is 15.2. The number of alkyl halides is 6. The molecule has 1 N–H and O–H groups in total. The number of likely N-dealkylation sites (tertiary alicyclic amines) is 1. The van der Waals surface area contributed by atoms with E-state index in [0.717, 1.165) is 4.90 Å². The standard InChI is InChI=1S/C17H16ClF6N3O3/c18-9-5-10(8-25-7-9)26-12(28)11-6-15(11)1-3-27(4-2-15)14(29)30-13(16(19,20)21)17(22,23)24/h5,7-8,11,13H,1-4,6H2,(H,26,28)/t11-/m0/s1. The van der Waals surface area contributed by atoms with Gasteiger partial charge in [0, 0.05) is 25.2 Å². The summed E-state index contributed by atoms with van der Waals surface area (Å²) in [5, 5.41) is 3.00. The quantitative estimate of drug-likeness (QED) is 0.680. The number of nitrogens with one attached hydrogen (secondary N) is 1. The third-order valence-electron chi connectivity index (χ3n) is 5.31. The van der Waals surface area contributed by atoms with Gasteiger partial charge in [-0.25, -0.2) is 4.79 Å². The molecule has 1 aliphatic heterocycles. The summed E-state index contributed by atoms with van der Waals surface area (Å²) >= 11 is 5.80. The van der Waals surface area contributed by atoms with Crippen LogP contribution in [0.25, 0.3) is 0 Å². The van der Waals surface area contributed by atoms with Crippen LogP contribution in [-0.2, 0) is 9.53 Å². The number of carbonyl (C=O) groups is 2. The van der Waals surface area contributed by atoms with Crippen LogP contribution >= 0.6 is 11.6 Å². The topological polar surface area (TPSA) is 71.5 Å². The van der Waals surface area contributed by atoms with E-state index in [9.17, 15) is 35.9 Å². The molecule has 166 valence electrons. The zero-order valence-corrected chi connectivity index (χ0v) is 15.9. The summed E-state index contributed by atoms with van der Waals surface area (Å²) in [5.74, 6) is -0.669. The number of anilines is 1. The van der Waals surface area contributed by atoms with Crippen LogP contribution in [0.4, 0.5) is 36.8 Å². The van der Waals surface area contributed by atoms with E-state index in [2.05, 4.69) is 15.0 Å². The molecule has 2 aliphatic rings. The highest BCUT2D eigenvalue weighted by atomic mass is 35.5. The first-order valence-electron chi connectivity index (χ1n) is 8.82. The fourth-order valence-corrected chi connectivity index (χ4v) is 3.78. The minimum absolute atomic E-state index is 0.107. The number of ether oxygens (including phenoxy) is 1. The lowest BCUT2D eigenvalue weighted by Gasteiger charge is -2.33. The van der Waals surface area contributed by atoms with E-state index < -0.39 is 30.0 Å². The summed E-state index contributed by atoms with van der Waals surface area (Å²) in [6, 6.07) is 1.51. The van der Waals surface area contributed by atoms with Gasteiger partial charge in [0.1, 0.15) is 0 Å². The summed E-state index contributed by atoms with van der Waals surface area (Å²) in [6.07, 6.45) is -13.6. The van der Waals surface area contributed by atoms with Crippen LogP contribution in [0, 0.1) is 11.3 Å². The number of pyridine rings is 1. The van der Waals surface area contributed by atoms with Crippen molar-refractivity contribution in [3.8, 4) is 0 Å². The molecule has 1 atom stereocenters. The predicted octanol–water partition coefficient (Wildman–Crippen LogP) is 4.41. The lowest BCUT2D eigenvalue weighted by Crippen LogP contribution is -2.49. The molecule has 0 bridgehead atoms. The monoisotopic (exact) mass is 459 g/mol. The maximum absolute atomic E-state index is 12.5. The highest BCUT2D eigenvalue weighted by molar-refractivity contribution is 6.30. The molecule has 1 aromatic rings. The van der Waals surface area contributed by atoms with E-state index in [1.165, 1.54) is 18.5 Å². The Hall–Kier alpha value is -2.24. The average Bonchev–Trinajstić information content (AvgIpc) is 3.31. The summed E-state index contributed by atoms with van der Waals surface area (Å²) in [7, 11) is 0. The van der Waals surface area contributed by atoms with Crippen molar-refractivity contribution in [1.82, 2.24) is 9.88 Å². The van der Waals surface area contributed by atoms with Crippen LogP contribution in [0.5, 0.6) is 0 Å². The summed E-state index contributed by atoms with van der Waals surface area (Å²) in [4.78, 5) is 28.9. The third-order valence-corrected chi connectivity index (χ3v) is 5.52. The lowest BCUT2D eigenvalue weighted by atomic mass is 9.91. The van der Waals surface area contributed by atoms with Gasteiger partial charge in [0.2, 0.25) is 5.91 Å². The molecular formula is C17H16ClF6N3O3. The van der Waals surface area contributed by atoms with Crippen LogP contribution in [0.1, 0.15) is 19.3 Å². The van der Waals surface area contributed by atoms with Gasteiger partial charge in [-0.05, 0) is 30.7 Å². The second-order valence-electron chi connectivity index (χ2n) is 7.33. The molecule has 30 heavy (non-hydrogen) atoms. The normalized spacial score (nSPS) is 20.9. The van der Waals surface area contributed by atoms with Crippen LogP contribution < -0.4 is 5.32 Å². The largest absolute Gasteiger partial charge is 0.434 e. The summed E-state index contributed by atoms with van der Waals surface area (Å²) in [5.41, 5.74) is -0.0405. The first-order valence-corrected chi connectivity index (χ1v) is 9.20. The Bertz CT molecular complexity index is 810. The Morgan fingerprint density at radius 1 is 1.17 bits per heavy atom. The Morgan fingerprint density at radius 2 is 1.77 bits per heavy atom. The van der Waals surface area contributed by atoms with Gasteiger partial charge < -0.3 is 15.0 Å². The first kappa shape index (κ1) is 22.4. The van der Waals surface area contributed by atoms with Crippen molar-refractivity contribution in [2.24, 2.45) is 11.3 Å². The van der Waals surface area contributed by atoms with Gasteiger partial charge in [0.05, 0.1) is 16.9 Å². The molecule has 1 aromatic heterocycles. The summed E-state index contributed by atoms with van der Waals surface area (Å²) in [6.45, 7) is -0.215. The molecule has 1 saturated carbocycles. The van der Waals surface area contributed by atoms with Crippen molar-refractivity contribution in [2.75, 3.05) is 18.4 Å². The van der Waals surface area contributed by atoms with Gasteiger partial charge in [-0.15, -0.1) is 0 Å². The number of nitrogens with zero attached hydrogens (tertiary/aromatic N) is 2. The van der Waals surface area contributed by atoms with Crippen molar-refractivity contribution < 1.29 is 40.7 Å². The van der Waals surface area contributed by atoms with E-state index >= 15 is 0 Å². The zero-order chi connectivity index (χ0) is 22.3. The number of carbonyl (C=O) groups excluding carboxylic acids is 2. The van der Waals surface area contributed by atoms with E-state index in [4.69, 9.17) is 11.6 Å². The molecule has 0 radical (unpaired) electrons. The number of halogens is 7. The van der Waals surface area contributed by atoms with E-state index in [1.54, 1.807) is 0 Å². The number of hydrogen-bond donors (Lipinski definition) is 1. The lowest BCUT2D eigenvalue weighted by molar-refractivity contribution is -0.308. The molecule has 13 heteroatoms. The molecule has 2 fully saturated rings. The smallest absolute Gasteiger partial charge is 0.426 e. The molecule has 3 rings (SSSR count). The SMILES string of the molecule is O=C(Nc1cncc(Cl)c1)[C@@H]1CC12CCN(C(=O)OC(C(F)(F)F)C(F)(F)F)CC2. The first-order chi connectivity index (χ1) is 13.8. The molecule has 1 saturated heterocycles. The minimum Gasteiger partial charge on any atom is -0.426 e. The second-order valence-corrected chi connectivity index (χ2v) is 7.77. The fourth-order valence-electron chi connectivity index (χ4n) is 3.61. The Morgan fingerprint density at radius 3 is 2.30 bits per heavy atom. The van der Waals surface area contributed by atoms with Gasteiger partial charge in [0.15, 0.2) is 0 Å². The van der Waals surface area contributed by atoms with E-state index in [0.29, 0.717) is 17.1 Å². The van der Waals surface area contributed by atoms with Gasteiger partial charge >= 0.3 is 18.4 Å². The molecule has 6 nitrogen and oxygen atoms in total. The predicted molar refractivity (Wildman–Crippen MR) is 91.6 cm³/mol. The van der Waals surface area contributed by atoms with Crippen LogP contribution in [-0.4, -0.2) is 53.4 Å².